The highest BCUT2D eigenvalue weighted by atomic mass is 32.1. The number of fused-ring (bicyclic) bond motifs is 1. The zero-order valence-corrected chi connectivity index (χ0v) is 15.1. The number of aromatic nitrogens is 2. The van der Waals surface area contributed by atoms with Crippen molar-refractivity contribution in [2.24, 2.45) is 0 Å². The molecule has 6 heteroatoms. The minimum absolute atomic E-state index is 0.266. The molecule has 2 aromatic heterocycles. The van der Waals surface area contributed by atoms with Crippen molar-refractivity contribution < 1.29 is 4.74 Å². The smallest absolute Gasteiger partial charge is 0.138 e. The molecule has 1 aromatic carbocycles. The van der Waals surface area contributed by atoms with E-state index in [1.165, 1.54) is 18.4 Å². The summed E-state index contributed by atoms with van der Waals surface area (Å²) in [7, 11) is 1.74. The highest BCUT2D eigenvalue weighted by Crippen LogP contribution is 2.32. The van der Waals surface area contributed by atoms with Crippen LogP contribution in [0.2, 0.25) is 0 Å². The molecule has 0 bridgehead atoms. The Kier molecular flexibility index (Phi) is 4.81. The molecule has 1 saturated heterocycles. The van der Waals surface area contributed by atoms with Crippen molar-refractivity contribution in [2.75, 3.05) is 32.1 Å². The molecule has 25 heavy (non-hydrogen) atoms. The van der Waals surface area contributed by atoms with Crippen molar-refractivity contribution in [3.63, 3.8) is 0 Å². The molecule has 3 heterocycles. The van der Waals surface area contributed by atoms with E-state index in [4.69, 9.17) is 4.74 Å². The maximum Gasteiger partial charge on any atom is 0.138 e. The third-order valence-corrected chi connectivity index (χ3v) is 5.62. The SMILES string of the molecule is COc1ccccc1[C@@H](CNc1ncnc2sccc12)N1CCCC1. The van der Waals surface area contributed by atoms with Gasteiger partial charge in [0.15, 0.2) is 0 Å². The summed E-state index contributed by atoms with van der Waals surface area (Å²) in [6.45, 7) is 3.05. The van der Waals surface area contributed by atoms with E-state index in [9.17, 15) is 0 Å². The van der Waals surface area contributed by atoms with E-state index in [-0.39, 0.29) is 6.04 Å². The van der Waals surface area contributed by atoms with Gasteiger partial charge in [0, 0.05) is 12.1 Å². The summed E-state index contributed by atoms with van der Waals surface area (Å²) < 4.78 is 5.62. The van der Waals surface area contributed by atoms with Gasteiger partial charge >= 0.3 is 0 Å². The molecule has 4 rings (SSSR count). The number of nitrogens with one attached hydrogen (secondary N) is 1. The molecular formula is C19H22N4OS. The fraction of sp³-hybridized carbons (Fsp3) is 0.368. The molecule has 0 spiro atoms. The van der Waals surface area contributed by atoms with E-state index in [1.807, 2.05) is 12.1 Å². The molecule has 1 fully saturated rings. The Balaban J connectivity index is 1.61. The average molecular weight is 354 g/mol. The van der Waals surface area contributed by atoms with Gasteiger partial charge in [0.1, 0.15) is 22.7 Å². The summed E-state index contributed by atoms with van der Waals surface area (Å²) >= 11 is 1.64. The first-order valence-electron chi connectivity index (χ1n) is 8.66. The number of benzene rings is 1. The number of para-hydroxylation sites is 1. The van der Waals surface area contributed by atoms with Crippen molar-refractivity contribution in [3.8, 4) is 5.75 Å². The third-order valence-electron chi connectivity index (χ3n) is 4.80. The summed E-state index contributed by atoms with van der Waals surface area (Å²) in [5, 5.41) is 6.71. The number of methoxy groups -OCH3 is 1. The quantitative estimate of drug-likeness (QED) is 0.726. The number of nitrogens with zero attached hydrogens (tertiary/aromatic N) is 3. The van der Waals surface area contributed by atoms with Gasteiger partial charge in [-0.15, -0.1) is 11.3 Å². The third kappa shape index (κ3) is 3.32. The van der Waals surface area contributed by atoms with Crippen LogP contribution in [-0.4, -0.2) is 41.6 Å². The Morgan fingerprint density at radius 3 is 2.88 bits per heavy atom. The molecule has 0 aliphatic carbocycles. The van der Waals surface area contributed by atoms with Crippen molar-refractivity contribution in [1.82, 2.24) is 14.9 Å². The van der Waals surface area contributed by atoms with E-state index >= 15 is 0 Å². The Labute approximate surface area is 151 Å². The number of ether oxygens (including phenoxy) is 1. The van der Waals surface area contributed by atoms with Crippen LogP contribution < -0.4 is 10.1 Å². The van der Waals surface area contributed by atoms with Crippen molar-refractivity contribution in [3.05, 3.63) is 47.6 Å². The highest BCUT2D eigenvalue weighted by Gasteiger charge is 2.26. The predicted molar refractivity (Wildman–Crippen MR) is 102 cm³/mol. The topological polar surface area (TPSA) is 50.3 Å². The standard InChI is InChI=1S/C19H22N4OS/c1-24-17-7-3-2-6-14(17)16(23-9-4-5-10-23)12-20-18-15-8-11-25-19(15)22-13-21-18/h2-3,6-8,11,13,16H,4-5,9-10,12H2,1H3,(H,20,21,22)/t16-/m1/s1. The second-order valence-corrected chi connectivity index (χ2v) is 7.14. The second kappa shape index (κ2) is 7.37. The van der Waals surface area contributed by atoms with Gasteiger partial charge in [0.2, 0.25) is 0 Å². The molecule has 3 aromatic rings. The Morgan fingerprint density at radius 1 is 1.20 bits per heavy atom. The minimum atomic E-state index is 0.266. The predicted octanol–water partition coefficient (Wildman–Crippen LogP) is 3.95. The van der Waals surface area contributed by atoms with E-state index in [0.29, 0.717) is 0 Å². The van der Waals surface area contributed by atoms with Crippen LogP contribution in [0.4, 0.5) is 5.82 Å². The summed E-state index contributed by atoms with van der Waals surface area (Å²) in [5.41, 5.74) is 1.23. The first-order chi connectivity index (χ1) is 12.4. The normalized spacial score (nSPS) is 16.2. The van der Waals surface area contributed by atoms with Gasteiger partial charge in [-0.1, -0.05) is 18.2 Å². The van der Waals surface area contributed by atoms with Gasteiger partial charge in [-0.2, -0.15) is 0 Å². The fourth-order valence-electron chi connectivity index (χ4n) is 3.56. The first kappa shape index (κ1) is 16.3. The summed E-state index contributed by atoms with van der Waals surface area (Å²) in [6, 6.07) is 10.7. The van der Waals surface area contributed by atoms with Crippen molar-refractivity contribution >= 4 is 27.4 Å². The van der Waals surface area contributed by atoms with Crippen LogP contribution in [0.5, 0.6) is 5.75 Å². The zero-order valence-electron chi connectivity index (χ0n) is 14.3. The van der Waals surface area contributed by atoms with Gasteiger partial charge in [-0.25, -0.2) is 9.97 Å². The Bertz CT molecular complexity index is 844. The number of hydrogen-bond donors (Lipinski definition) is 1. The van der Waals surface area contributed by atoms with E-state index in [1.54, 1.807) is 24.8 Å². The van der Waals surface area contributed by atoms with E-state index < -0.39 is 0 Å². The molecule has 1 aliphatic heterocycles. The summed E-state index contributed by atoms with van der Waals surface area (Å²) in [5.74, 6) is 1.86. The first-order valence-corrected chi connectivity index (χ1v) is 9.54. The lowest BCUT2D eigenvalue weighted by molar-refractivity contribution is 0.249. The second-order valence-electron chi connectivity index (χ2n) is 6.24. The molecule has 0 unspecified atom stereocenters. The van der Waals surface area contributed by atoms with Crippen LogP contribution in [0, 0.1) is 0 Å². The van der Waals surface area contributed by atoms with E-state index in [0.717, 1.165) is 41.4 Å². The molecular weight excluding hydrogens is 332 g/mol. The highest BCUT2D eigenvalue weighted by molar-refractivity contribution is 7.16. The van der Waals surface area contributed by atoms with Crippen LogP contribution in [0.25, 0.3) is 10.2 Å². The van der Waals surface area contributed by atoms with Crippen LogP contribution in [-0.2, 0) is 0 Å². The number of thiophene rings is 1. The Morgan fingerprint density at radius 2 is 2.04 bits per heavy atom. The lowest BCUT2D eigenvalue weighted by Gasteiger charge is -2.29. The average Bonchev–Trinajstić information content (AvgIpc) is 3.34. The molecule has 0 saturated carbocycles. The molecule has 1 N–H and O–H groups in total. The number of hydrogen-bond acceptors (Lipinski definition) is 6. The summed E-state index contributed by atoms with van der Waals surface area (Å²) in [6.07, 6.45) is 4.15. The monoisotopic (exact) mass is 354 g/mol. The van der Waals surface area contributed by atoms with Crippen LogP contribution in [0.15, 0.2) is 42.0 Å². The van der Waals surface area contributed by atoms with Gasteiger partial charge < -0.3 is 10.1 Å². The number of anilines is 1. The van der Waals surface area contributed by atoms with Gasteiger partial charge in [0.05, 0.1) is 18.5 Å². The molecule has 1 atom stereocenters. The molecule has 1 aliphatic rings. The lowest BCUT2D eigenvalue weighted by Crippen LogP contribution is -2.31. The van der Waals surface area contributed by atoms with Crippen LogP contribution in [0.3, 0.4) is 0 Å². The zero-order chi connectivity index (χ0) is 17.1. The minimum Gasteiger partial charge on any atom is -0.496 e. The van der Waals surface area contributed by atoms with Gasteiger partial charge in [0.25, 0.3) is 0 Å². The maximum atomic E-state index is 5.62. The lowest BCUT2D eigenvalue weighted by atomic mass is 10.0. The largest absolute Gasteiger partial charge is 0.496 e. The van der Waals surface area contributed by atoms with Crippen molar-refractivity contribution in [1.29, 1.82) is 0 Å². The number of rotatable bonds is 6. The Hall–Kier alpha value is -2.18. The fourth-order valence-corrected chi connectivity index (χ4v) is 4.29. The molecule has 0 radical (unpaired) electrons. The van der Waals surface area contributed by atoms with Gasteiger partial charge in [-0.3, -0.25) is 4.90 Å². The van der Waals surface area contributed by atoms with Crippen LogP contribution in [0.1, 0.15) is 24.4 Å². The summed E-state index contributed by atoms with van der Waals surface area (Å²) in [4.78, 5) is 12.3. The maximum absolute atomic E-state index is 5.62. The van der Waals surface area contributed by atoms with Gasteiger partial charge in [-0.05, 0) is 43.4 Å². The molecule has 130 valence electrons. The molecule has 0 amide bonds. The number of likely N-dealkylation sites (tertiary alicyclic amines) is 1. The van der Waals surface area contributed by atoms with E-state index in [2.05, 4.69) is 43.8 Å². The van der Waals surface area contributed by atoms with Crippen molar-refractivity contribution in [2.45, 2.75) is 18.9 Å². The van der Waals surface area contributed by atoms with Crippen LogP contribution >= 0.6 is 11.3 Å². The molecule has 5 nitrogen and oxygen atoms in total.